The number of nitrogens with zero attached hydrogens (tertiary/aromatic N) is 1. The third kappa shape index (κ3) is 3.12. The van der Waals surface area contributed by atoms with Gasteiger partial charge >= 0.3 is 0 Å². The molecule has 1 N–H and O–H groups in total. The van der Waals surface area contributed by atoms with Gasteiger partial charge in [-0.2, -0.15) is 0 Å². The lowest BCUT2D eigenvalue weighted by Gasteiger charge is -2.21. The lowest BCUT2D eigenvalue weighted by Crippen LogP contribution is -2.19. The Balaban J connectivity index is 1.73. The third-order valence-corrected chi connectivity index (χ3v) is 5.12. The van der Waals surface area contributed by atoms with Gasteiger partial charge in [-0.1, -0.05) is 12.1 Å². The summed E-state index contributed by atoms with van der Waals surface area (Å²) in [5.41, 5.74) is 2.59. The summed E-state index contributed by atoms with van der Waals surface area (Å²) in [7, 11) is 0. The standard InChI is InChI=1S/C15H17BrN2S/c16-12-9-13(19-11-12)10-17-14-5-1-2-6-15(14)18-7-3-4-8-18/h1-2,5-6,9,11,17H,3-4,7-8,10H2. The number of nitrogens with one attached hydrogen (secondary N) is 1. The van der Waals surface area contributed by atoms with Crippen molar-refractivity contribution in [2.45, 2.75) is 19.4 Å². The van der Waals surface area contributed by atoms with Gasteiger partial charge in [-0.15, -0.1) is 11.3 Å². The number of hydrogen-bond acceptors (Lipinski definition) is 3. The molecule has 0 saturated carbocycles. The number of hydrogen-bond donors (Lipinski definition) is 1. The minimum absolute atomic E-state index is 0.890. The zero-order valence-electron chi connectivity index (χ0n) is 10.7. The van der Waals surface area contributed by atoms with Crippen molar-refractivity contribution in [3.63, 3.8) is 0 Å². The molecule has 100 valence electrons. The van der Waals surface area contributed by atoms with Crippen molar-refractivity contribution in [2.24, 2.45) is 0 Å². The van der Waals surface area contributed by atoms with Crippen LogP contribution in [-0.2, 0) is 6.54 Å². The Kier molecular flexibility index (Phi) is 4.09. The van der Waals surface area contributed by atoms with E-state index in [0.717, 1.165) is 6.54 Å². The van der Waals surface area contributed by atoms with Crippen LogP contribution in [0.25, 0.3) is 0 Å². The van der Waals surface area contributed by atoms with Gasteiger partial charge in [0.1, 0.15) is 0 Å². The molecule has 0 unspecified atom stereocenters. The van der Waals surface area contributed by atoms with Gasteiger partial charge in [-0.3, -0.25) is 0 Å². The molecule has 2 heterocycles. The molecule has 0 spiro atoms. The van der Waals surface area contributed by atoms with Gasteiger partial charge in [0.05, 0.1) is 11.4 Å². The molecule has 0 amide bonds. The summed E-state index contributed by atoms with van der Waals surface area (Å²) in [5, 5.41) is 5.70. The van der Waals surface area contributed by atoms with Crippen molar-refractivity contribution in [1.29, 1.82) is 0 Å². The first kappa shape index (κ1) is 13.0. The molecular formula is C15H17BrN2S. The molecule has 1 fully saturated rings. The van der Waals surface area contributed by atoms with Crippen LogP contribution in [0.15, 0.2) is 40.2 Å². The SMILES string of the molecule is Brc1csc(CNc2ccccc2N2CCCC2)c1. The lowest BCUT2D eigenvalue weighted by atomic mass is 10.2. The Morgan fingerprint density at radius 1 is 1.21 bits per heavy atom. The van der Waals surface area contributed by atoms with Crippen LogP contribution in [0.3, 0.4) is 0 Å². The van der Waals surface area contributed by atoms with Crippen LogP contribution in [0, 0.1) is 0 Å². The molecule has 1 aliphatic heterocycles. The van der Waals surface area contributed by atoms with Crippen LogP contribution < -0.4 is 10.2 Å². The minimum atomic E-state index is 0.890. The molecule has 4 heteroatoms. The summed E-state index contributed by atoms with van der Waals surface area (Å²) in [4.78, 5) is 3.83. The second-order valence-corrected chi connectivity index (χ2v) is 6.71. The van der Waals surface area contributed by atoms with Gasteiger partial charge in [0.15, 0.2) is 0 Å². The fraction of sp³-hybridized carbons (Fsp3) is 0.333. The maximum Gasteiger partial charge on any atom is 0.0602 e. The first-order chi connectivity index (χ1) is 9.33. The Labute approximate surface area is 126 Å². The Bertz CT molecular complexity index is 547. The van der Waals surface area contributed by atoms with E-state index in [-0.39, 0.29) is 0 Å². The van der Waals surface area contributed by atoms with Crippen LogP contribution >= 0.6 is 27.3 Å². The molecule has 2 nitrogen and oxygen atoms in total. The summed E-state index contributed by atoms with van der Waals surface area (Å²) in [5.74, 6) is 0. The van der Waals surface area contributed by atoms with Gasteiger partial charge in [-0.05, 0) is 47.0 Å². The normalized spacial score (nSPS) is 14.9. The van der Waals surface area contributed by atoms with Crippen molar-refractivity contribution in [2.75, 3.05) is 23.3 Å². The molecule has 1 aromatic carbocycles. The molecule has 1 aliphatic rings. The molecule has 3 rings (SSSR count). The summed E-state index contributed by atoms with van der Waals surface area (Å²) in [6, 6.07) is 10.8. The summed E-state index contributed by atoms with van der Waals surface area (Å²) >= 11 is 5.29. The molecule has 0 bridgehead atoms. The predicted octanol–water partition coefficient (Wildman–Crippen LogP) is 4.72. The molecule has 0 atom stereocenters. The molecule has 2 aromatic rings. The first-order valence-electron chi connectivity index (χ1n) is 6.64. The lowest BCUT2D eigenvalue weighted by molar-refractivity contribution is 0.949. The van der Waals surface area contributed by atoms with Crippen molar-refractivity contribution in [3.05, 3.63) is 45.1 Å². The predicted molar refractivity (Wildman–Crippen MR) is 87.2 cm³/mol. The van der Waals surface area contributed by atoms with E-state index in [1.54, 1.807) is 11.3 Å². The number of benzene rings is 1. The quantitative estimate of drug-likeness (QED) is 0.868. The van der Waals surface area contributed by atoms with E-state index in [2.05, 4.69) is 61.9 Å². The minimum Gasteiger partial charge on any atom is -0.378 e. The monoisotopic (exact) mass is 336 g/mol. The van der Waals surface area contributed by atoms with Crippen molar-refractivity contribution >= 4 is 38.6 Å². The molecule has 19 heavy (non-hydrogen) atoms. The summed E-state index contributed by atoms with van der Waals surface area (Å²) < 4.78 is 1.17. The van der Waals surface area contributed by atoms with E-state index in [1.807, 2.05) is 0 Å². The zero-order valence-corrected chi connectivity index (χ0v) is 13.1. The molecule has 1 aromatic heterocycles. The number of para-hydroxylation sites is 2. The number of rotatable bonds is 4. The van der Waals surface area contributed by atoms with Gasteiger partial charge < -0.3 is 10.2 Å². The fourth-order valence-electron chi connectivity index (χ4n) is 2.49. The smallest absolute Gasteiger partial charge is 0.0602 e. The van der Waals surface area contributed by atoms with E-state index in [9.17, 15) is 0 Å². The Morgan fingerprint density at radius 3 is 2.74 bits per heavy atom. The average molecular weight is 337 g/mol. The van der Waals surface area contributed by atoms with Crippen molar-refractivity contribution in [1.82, 2.24) is 0 Å². The van der Waals surface area contributed by atoms with E-state index < -0.39 is 0 Å². The summed E-state index contributed by atoms with van der Waals surface area (Å²) in [6.07, 6.45) is 2.62. The van der Waals surface area contributed by atoms with Gasteiger partial charge in [0.25, 0.3) is 0 Å². The maximum atomic E-state index is 3.57. The van der Waals surface area contributed by atoms with Crippen molar-refractivity contribution in [3.8, 4) is 0 Å². The highest BCUT2D eigenvalue weighted by molar-refractivity contribution is 9.10. The second-order valence-electron chi connectivity index (χ2n) is 4.80. The molecule has 0 aliphatic carbocycles. The molecule has 0 radical (unpaired) electrons. The highest BCUT2D eigenvalue weighted by Gasteiger charge is 2.15. The topological polar surface area (TPSA) is 15.3 Å². The van der Waals surface area contributed by atoms with Gasteiger partial charge in [0, 0.05) is 34.4 Å². The molecule has 1 saturated heterocycles. The van der Waals surface area contributed by atoms with Crippen LogP contribution in [0.5, 0.6) is 0 Å². The number of thiophene rings is 1. The van der Waals surface area contributed by atoms with E-state index in [4.69, 9.17) is 0 Å². The van der Waals surface area contributed by atoms with E-state index in [1.165, 1.54) is 46.7 Å². The number of halogens is 1. The van der Waals surface area contributed by atoms with Gasteiger partial charge in [0.2, 0.25) is 0 Å². The van der Waals surface area contributed by atoms with Crippen molar-refractivity contribution < 1.29 is 0 Å². The third-order valence-electron chi connectivity index (χ3n) is 3.43. The highest BCUT2D eigenvalue weighted by Crippen LogP contribution is 2.29. The second kappa shape index (κ2) is 5.97. The Morgan fingerprint density at radius 2 is 2.00 bits per heavy atom. The Hall–Kier alpha value is -1.00. The summed E-state index contributed by atoms with van der Waals surface area (Å²) in [6.45, 7) is 3.26. The fourth-order valence-corrected chi connectivity index (χ4v) is 3.88. The zero-order chi connectivity index (χ0) is 13.1. The van der Waals surface area contributed by atoms with Crippen LogP contribution in [-0.4, -0.2) is 13.1 Å². The van der Waals surface area contributed by atoms with Crippen LogP contribution in [0.1, 0.15) is 17.7 Å². The first-order valence-corrected chi connectivity index (χ1v) is 8.31. The van der Waals surface area contributed by atoms with Crippen LogP contribution in [0.2, 0.25) is 0 Å². The maximum absolute atomic E-state index is 3.57. The van der Waals surface area contributed by atoms with Gasteiger partial charge in [-0.25, -0.2) is 0 Å². The number of anilines is 2. The van der Waals surface area contributed by atoms with E-state index >= 15 is 0 Å². The molecular weight excluding hydrogens is 320 g/mol. The largest absolute Gasteiger partial charge is 0.378 e. The average Bonchev–Trinajstić information content (AvgIpc) is 3.08. The van der Waals surface area contributed by atoms with Crippen LogP contribution in [0.4, 0.5) is 11.4 Å². The van der Waals surface area contributed by atoms with E-state index in [0.29, 0.717) is 0 Å². The highest BCUT2D eigenvalue weighted by atomic mass is 79.9.